The first kappa shape index (κ1) is 21.7. The Morgan fingerprint density at radius 3 is 2.61 bits per heavy atom. The average molecular weight is 480 g/mol. The number of halogens is 1. The smallest absolute Gasteiger partial charge is 0.232 e. The minimum Gasteiger partial charge on any atom is -0.345 e. The number of hydrogen-bond acceptors (Lipinski definition) is 4. The molecule has 1 aliphatic rings. The van der Waals surface area contributed by atoms with Crippen LogP contribution in [-0.2, 0) is 11.2 Å². The Morgan fingerprint density at radius 1 is 1.14 bits per heavy atom. The van der Waals surface area contributed by atoms with E-state index in [9.17, 15) is 4.79 Å². The van der Waals surface area contributed by atoms with Crippen molar-refractivity contribution >= 4 is 45.4 Å². The molecule has 1 saturated carbocycles. The van der Waals surface area contributed by atoms with E-state index >= 15 is 0 Å². The molecule has 1 aliphatic carbocycles. The normalized spacial score (nSPS) is 19.4. The highest BCUT2D eigenvalue weighted by atomic mass is 79.9. The number of benzene rings is 1. The summed E-state index contributed by atoms with van der Waals surface area (Å²) in [6.07, 6.45) is 7.63. The predicted molar refractivity (Wildman–Crippen MR) is 124 cm³/mol. The zero-order chi connectivity index (χ0) is 19.8. The first-order chi connectivity index (χ1) is 13.6. The summed E-state index contributed by atoms with van der Waals surface area (Å²) in [5.41, 5.74) is 1.04. The van der Waals surface area contributed by atoms with E-state index in [1.165, 1.54) is 30.6 Å². The van der Waals surface area contributed by atoms with E-state index in [-0.39, 0.29) is 5.91 Å². The monoisotopic (exact) mass is 478 g/mol. The first-order valence-electron chi connectivity index (χ1n) is 9.79. The number of thioether (sulfide) groups is 2. The zero-order valence-corrected chi connectivity index (χ0v) is 19.4. The average Bonchev–Trinajstić information content (AvgIpc) is 2.73. The molecule has 1 amide bonds. The second kappa shape index (κ2) is 11.3. The van der Waals surface area contributed by atoms with Crippen LogP contribution in [0.3, 0.4) is 0 Å². The summed E-state index contributed by atoms with van der Waals surface area (Å²) >= 11 is 7.33. The molecule has 1 heterocycles. The summed E-state index contributed by atoms with van der Waals surface area (Å²) in [4.78, 5) is 20.1. The molecule has 28 heavy (non-hydrogen) atoms. The summed E-state index contributed by atoms with van der Waals surface area (Å²) < 4.78 is 1.12. The van der Waals surface area contributed by atoms with E-state index in [2.05, 4.69) is 45.2 Å². The van der Waals surface area contributed by atoms with E-state index < -0.39 is 0 Å². The lowest BCUT2D eigenvalue weighted by molar-refractivity contribution is -0.127. The van der Waals surface area contributed by atoms with Gasteiger partial charge in [-0.1, -0.05) is 34.8 Å². The number of carbonyl (C=O) groups is 1. The lowest BCUT2D eigenvalue weighted by atomic mass is 10.00. The van der Waals surface area contributed by atoms with Crippen molar-refractivity contribution in [3.63, 3.8) is 0 Å². The Bertz CT molecular complexity index is 742. The third-order valence-electron chi connectivity index (χ3n) is 5.02. The number of amides is 1. The molecule has 6 heteroatoms. The molecule has 2 atom stereocenters. The van der Waals surface area contributed by atoms with Crippen molar-refractivity contribution in [3.05, 3.63) is 58.8 Å². The quantitative estimate of drug-likeness (QED) is 0.488. The van der Waals surface area contributed by atoms with Gasteiger partial charge in [-0.05, 0) is 49.2 Å². The standard InChI is InChI=1S/C22H27BrN2OS2/c1-25(15-13-18-6-4-5-14-24-18)22(26)16-27-20-7-2-3-8-21(20)28-19-11-9-17(23)10-12-19/h4-6,9-12,14,20-21H,2-3,7-8,13,15-16H2,1H3/t20-,21-/m1/s1. The Labute approximate surface area is 185 Å². The third kappa shape index (κ3) is 6.82. The first-order valence-corrected chi connectivity index (χ1v) is 12.5. The molecule has 0 spiro atoms. The topological polar surface area (TPSA) is 33.2 Å². The van der Waals surface area contributed by atoms with E-state index in [1.807, 2.05) is 53.7 Å². The largest absolute Gasteiger partial charge is 0.345 e. The number of pyridine rings is 1. The molecule has 1 fully saturated rings. The van der Waals surface area contributed by atoms with Crippen molar-refractivity contribution in [3.8, 4) is 0 Å². The SMILES string of the molecule is CN(CCc1ccccn1)C(=O)CS[C@@H]1CCCC[C@H]1Sc1ccc(Br)cc1. The van der Waals surface area contributed by atoms with Gasteiger partial charge in [-0.25, -0.2) is 0 Å². The summed E-state index contributed by atoms with van der Waals surface area (Å²) in [5, 5.41) is 1.14. The van der Waals surface area contributed by atoms with Crippen molar-refractivity contribution in [1.82, 2.24) is 9.88 Å². The predicted octanol–water partition coefficient (Wildman–Crippen LogP) is 5.68. The molecule has 3 nitrogen and oxygen atoms in total. The highest BCUT2D eigenvalue weighted by Gasteiger charge is 2.27. The van der Waals surface area contributed by atoms with Crippen LogP contribution in [-0.4, -0.2) is 45.6 Å². The number of aromatic nitrogens is 1. The van der Waals surface area contributed by atoms with Gasteiger partial charge in [0.25, 0.3) is 0 Å². The maximum atomic E-state index is 12.6. The zero-order valence-electron chi connectivity index (χ0n) is 16.2. The molecule has 0 unspecified atom stereocenters. The van der Waals surface area contributed by atoms with Gasteiger partial charge >= 0.3 is 0 Å². The molecule has 1 aromatic carbocycles. The fraction of sp³-hybridized carbons (Fsp3) is 0.455. The van der Waals surface area contributed by atoms with Crippen LogP contribution in [0.25, 0.3) is 0 Å². The lowest BCUT2D eigenvalue weighted by Crippen LogP contribution is -2.32. The minimum absolute atomic E-state index is 0.221. The molecule has 0 N–H and O–H groups in total. The van der Waals surface area contributed by atoms with Crippen LogP contribution in [0.15, 0.2) is 58.0 Å². The number of hydrogen-bond donors (Lipinski definition) is 0. The van der Waals surface area contributed by atoms with Gasteiger partial charge in [0.2, 0.25) is 5.91 Å². The Balaban J connectivity index is 1.46. The molecule has 0 bridgehead atoms. The van der Waals surface area contributed by atoms with Crippen LogP contribution in [0.5, 0.6) is 0 Å². The van der Waals surface area contributed by atoms with Crippen LogP contribution in [0.4, 0.5) is 0 Å². The molecule has 2 aromatic rings. The van der Waals surface area contributed by atoms with Gasteiger partial charge in [0, 0.05) is 51.8 Å². The molecule has 1 aromatic heterocycles. The maximum Gasteiger partial charge on any atom is 0.232 e. The van der Waals surface area contributed by atoms with Crippen molar-refractivity contribution in [1.29, 1.82) is 0 Å². The van der Waals surface area contributed by atoms with E-state index in [0.29, 0.717) is 16.3 Å². The summed E-state index contributed by atoms with van der Waals surface area (Å²) in [5.74, 6) is 0.791. The fourth-order valence-corrected chi connectivity index (χ4v) is 6.46. The highest BCUT2D eigenvalue weighted by molar-refractivity contribution is 9.10. The van der Waals surface area contributed by atoms with Crippen molar-refractivity contribution < 1.29 is 4.79 Å². The highest BCUT2D eigenvalue weighted by Crippen LogP contribution is 2.39. The Morgan fingerprint density at radius 2 is 1.89 bits per heavy atom. The van der Waals surface area contributed by atoms with Gasteiger partial charge in [-0.3, -0.25) is 9.78 Å². The Hall–Kier alpha value is -0.980. The molecule has 3 rings (SSSR count). The molecular weight excluding hydrogens is 452 g/mol. The number of carbonyl (C=O) groups excluding carboxylic acids is 1. The van der Waals surface area contributed by atoms with Gasteiger partial charge in [-0.15, -0.1) is 23.5 Å². The second-order valence-corrected chi connectivity index (χ2v) is 10.6. The van der Waals surface area contributed by atoms with Crippen LogP contribution in [0.1, 0.15) is 31.4 Å². The van der Waals surface area contributed by atoms with Gasteiger partial charge < -0.3 is 4.90 Å². The van der Waals surface area contributed by atoms with Crippen molar-refractivity contribution in [2.45, 2.75) is 47.5 Å². The van der Waals surface area contributed by atoms with Gasteiger partial charge in [0.15, 0.2) is 0 Å². The number of rotatable bonds is 8. The second-order valence-electron chi connectivity index (χ2n) is 7.13. The number of likely N-dealkylation sites (N-methyl/N-ethyl adjacent to an activating group) is 1. The molecular formula is C22H27BrN2OS2. The van der Waals surface area contributed by atoms with Crippen molar-refractivity contribution in [2.24, 2.45) is 0 Å². The molecule has 150 valence electrons. The van der Waals surface area contributed by atoms with Crippen LogP contribution in [0.2, 0.25) is 0 Å². The Kier molecular flexibility index (Phi) is 8.74. The third-order valence-corrected chi connectivity index (χ3v) is 8.54. The number of nitrogens with zero attached hydrogens (tertiary/aromatic N) is 2. The van der Waals surface area contributed by atoms with Crippen molar-refractivity contribution in [2.75, 3.05) is 19.3 Å². The molecule has 0 saturated heterocycles. The minimum atomic E-state index is 0.221. The van der Waals surface area contributed by atoms with Crippen LogP contribution in [0, 0.1) is 0 Å². The maximum absolute atomic E-state index is 12.6. The lowest BCUT2D eigenvalue weighted by Gasteiger charge is -2.31. The summed E-state index contributed by atoms with van der Waals surface area (Å²) in [6, 6.07) is 14.5. The van der Waals surface area contributed by atoms with Gasteiger partial charge in [0.05, 0.1) is 5.75 Å². The van der Waals surface area contributed by atoms with Gasteiger partial charge in [-0.2, -0.15) is 0 Å². The fourth-order valence-electron chi connectivity index (χ4n) is 3.32. The van der Waals surface area contributed by atoms with Gasteiger partial charge in [0.1, 0.15) is 0 Å². The molecule has 0 radical (unpaired) electrons. The summed E-state index contributed by atoms with van der Waals surface area (Å²) in [6.45, 7) is 0.720. The van der Waals surface area contributed by atoms with Crippen LogP contribution >= 0.6 is 39.5 Å². The van der Waals surface area contributed by atoms with E-state index in [1.54, 1.807) is 6.20 Å². The molecule has 0 aliphatic heterocycles. The summed E-state index contributed by atoms with van der Waals surface area (Å²) in [7, 11) is 1.90. The van der Waals surface area contributed by atoms with E-state index in [0.717, 1.165) is 23.1 Å². The van der Waals surface area contributed by atoms with Crippen LogP contribution < -0.4 is 0 Å². The van der Waals surface area contributed by atoms with E-state index in [4.69, 9.17) is 0 Å².